The smallest absolute Gasteiger partial charge is 0.271 e. The Labute approximate surface area is 193 Å². The average molecular weight is 454 g/mol. The normalized spacial score (nSPS) is 12.1. The third-order valence-electron chi connectivity index (χ3n) is 5.18. The van der Waals surface area contributed by atoms with E-state index in [9.17, 15) is 4.79 Å². The van der Waals surface area contributed by atoms with Gasteiger partial charge in [0, 0.05) is 22.6 Å². The van der Waals surface area contributed by atoms with Gasteiger partial charge in [-0.05, 0) is 81.3 Å². The van der Waals surface area contributed by atoms with Crippen molar-refractivity contribution in [3.63, 3.8) is 0 Å². The highest BCUT2D eigenvalue weighted by Gasteiger charge is 2.14. The molecule has 0 unspecified atom stereocenters. The van der Waals surface area contributed by atoms with Crippen molar-refractivity contribution in [1.82, 2.24) is 9.99 Å². The molecule has 32 heavy (non-hydrogen) atoms. The summed E-state index contributed by atoms with van der Waals surface area (Å²) in [7, 11) is 1.55. The van der Waals surface area contributed by atoms with Crippen LogP contribution in [0, 0.1) is 13.8 Å². The number of carbonyl (C=O) groups is 1. The Balaban J connectivity index is 1.69. The molecule has 168 valence electrons. The van der Waals surface area contributed by atoms with E-state index in [0.717, 1.165) is 23.5 Å². The van der Waals surface area contributed by atoms with Crippen molar-refractivity contribution in [2.45, 2.75) is 40.2 Å². The molecule has 0 aliphatic rings. The Morgan fingerprint density at radius 3 is 2.41 bits per heavy atom. The highest BCUT2D eigenvalue weighted by atomic mass is 35.5. The first-order valence-corrected chi connectivity index (χ1v) is 10.8. The average Bonchev–Trinajstić information content (AvgIpc) is 3.13. The third-order valence-corrected chi connectivity index (χ3v) is 5.47. The Kier molecular flexibility index (Phi) is 7.59. The molecular formula is C25H28ClN3O3. The number of carbonyl (C=O) groups excluding carboxylic acids is 1. The predicted octanol–water partition coefficient (Wildman–Crippen LogP) is 5.70. The number of methoxy groups -OCH3 is 1. The van der Waals surface area contributed by atoms with Crippen LogP contribution in [0.25, 0.3) is 5.69 Å². The SMILES string of the molecule is CC[C@H](C)Oc1c(Cl)cc(/C=N\NC(=O)c2ccc(-n3c(C)ccc3C)cc2)cc1OC. The van der Waals surface area contributed by atoms with Gasteiger partial charge in [-0.3, -0.25) is 4.79 Å². The summed E-state index contributed by atoms with van der Waals surface area (Å²) in [5.74, 6) is 0.707. The number of nitrogens with one attached hydrogen (secondary N) is 1. The van der Waals surface area contributed by atoms with E-state index in [2.05, 4.69) is 27.2 Å². The van der Waals surface area contributed by atoms with Crippen LogP contribution in [0.3, 0.4) is 0 Å². The van der Waals surface area contributed by atoms with E-state index in [4.69, 9.17) is 21.1 Å². The Morgan fingerprint density at radius 1 is 1.16 bits per heavy atom. The van der Waals surface area contributed by atoms with Gasteiger partial charge in [0.25, 0.3) is 5.91 Å². The summed E-state index contributed by atoms with van der Waals surface area (Å²) in [6, 6.07) is 15.0. The second kappa shape index (κ2) is 10.4. The second-order valence-corrected chi connectivity index (χ2v) is 7.98. The molecular weight excluding hydrogens is 426 g/mol. The topological polar surface area (TPSA) is 64.8 Å². The van der Waals surface area contributed by atoms with Crippen LogP contribution in [-0.2, 0) is 0 Å². The van der Waals surface area contributed by atoms with Crippen molar-refractivity contribution in [2.75, 3.05) is 7.11 Å². The Bertz CT molecular complexity index is 1100. The number of ether oxygens (including phenoxy) is 2. The van der Waals surface area contributed by atoms with Crippen molar-refractivity contribution >= 4 is 23.7 Å². The summed E-state index contributed by atoms with van der Waals surface area (Å²) in [6.45, 7) is 8.10. The summed E-state index contributed by atoms with van der Waals surface area (Å²) in [6.07, 6.45) is 2.37. The van der Waals surface area contributed by atoms with Crippen LogP contribution in [0.15, 0.2) is 53.6 Å². The van der Waals surface area contributed by atoms with Crippen LogP contribution >= 0.6 is 11.6 Å². The Morgan fingerprint density at radius 2 is 1.81 bits per heavy atom. The summed E-state index contributed by atoms with van der Waals surface area (Å²) < 4.78 is 13.4. The van der Waals surface area contributed by atoms with Crippen LogP contribution in [0.2, 0.25) is 5.02 Å². The zero-order chi connectivity index (χ0) is 23.3. The first kappa shape index (κ1) is 23.4. The number of hydrogen-bond acceptors (Lipinski definition) is 4. The van der Waals surface area contributed by atoms with E-state index in [1.165, 1.54) is 6.21 Å². The number of hydrazone groups is 1. The molecule has 0 saturated carbocycles. The molecule has 0 saturated heterocycles. The summed E-state index contributed by atoms with van der Waals surface area (Å²) in [5.41, 5.74) is 7.02. The number of hydrogen-bond donors (Lipinski definition) is 1. The van der Waals surface area contributed by atoms with Gasteiger partial charge in [-0.15, -0.1) is 0 Å². The lowest BCUT2D eigenvalue weighted by Gasteiger charge is -2.17. The number of rotatable bonds is 8. The molecule has 1 atom stereocenters. The van der Waals surface area contributed by atoms with E-state index in [1.807, 2.05) is 39.8 Å². The van der Waals surface area contributed by atoms with E-state index in [-0.39, 0.29) is 12.0 Å². The fourth-order valence-corrected chi connectivity index (χ4v) is 3.54. The molecule has 0 bridgehead atoms. The number of amides is 1. The molecule has 0 spiro atoms. The maximum Gasteiger partial charge on any atom is 0.271 e. The molecule has 6 nitrogen and oxygen atoms in total. The molecule has 0 aliphatic heterocycles. The number of aryl methyl sites for hydroxylation is 2. The zero-order valence-corrected chi connectivity index (χ0v) is 19.7. The van der Waals surface area contributed by atoms with Crippen LogP contribution in [0.1, 0.15) is 47.6 Å². The molecule has 0 aliphatic carbocycles. The highest BCUT2D eigenvalue weighted by molar-refractivity contribution is 6.32. The maximum atomic E-state index is 12.5. The van der Waals surface area contributed by atoms with Gasteiger partial charge >= 0.3 is 0 Å². The molecule has 2 aromatic carbocycles. The van der Waals surface area contributed by atoms with E-state index in [1.54, 1.807) is 31.4 Å². The van der Waals surface area contributed by atoms with Gasteiger partial charge in [0.05, 0.1) is 24.5 Å². The van der Waals surface area contributed by atoms with Gasteiger partial charge in [0.2, 0.25) is 0 Å². The highest BCUT2D eigenvalue weighted by Crippen LogP contribution is 2.37. The molecule has 1 amide bonds. The fraction of sp³-hybridized carbons (Fsp3) is 0.280. The summed E-state index contributed by atoms with van der Waals surface area (Å²) in [4.78, 5) is 12.5. The van der Waals surface area contributed by atoms with Gasteiger partial charge < -0.3 is 14.0 Å². The van der Waals surface area contributed by atoms with E-state index >= 15 is 0 Å². The van der Waals surface area contributed by atoms with E-state index in [0.29, 0.717) is 27.6 Å². The number of aromatic nitrogens is 1. The molecule has 1 heterocycles. The predicted molar refractivity (Wildman–Crippen MR) is 129 cm³/mol. The van der Waals surface area contributed by atoms with Gasteiger partial charge in [-0.25, -0.2) is 5.43 Å². The monoisotopic (exact) mass is 453 g/mol. The van der Waals surface area contributed by atoms with Gasteiger partial charge in [0.1, 0.15) is 0 Å². The van der Waals surface area contributed by atoms with Crippen molar-refractivity contribution in [2.24, 2.45) is 5.10 Å². The van der Waals surface area contributed by atoms with Crippen LogP contribution < -0.4 is 14.9 Å². The second-order valence-electron chi connectivity index (χ2n) is 7.57. The van der Waals surface area contributed by atoms with Crippen molar-refractivity contribution in [1.29, 1.82) is 0 Å². The molecule has 1 N–H and O–H groups in total. The van der Waals surface area contributed by atoms with Crippen LogP contribution in [0.4, 0.5) is 0 Å². The number of halogens is 1. The van der Waals surface area contributed by atoms with Crippen molar-refractivity contribution in [3.05, 3.63) is 76.1 Å². The minimum atomic E-state index is -0.302. The first-order valence-electron chi connectivity index (χ1n) is 10.5. The maximum absolute atomic E-state index is 12.5. The number of nitrogens with zero attached hydrogens (tertiary/aromatic N) is 2. The lowest BCUT2D eigenvalue weighted by molar-refractivity contribution is 0.0955. The summed E-state index contributed by atoms with van der Waals surface area (Å²) >= 11 is 6.37. The first-order chi connectivity index (χ1) is 15.3. The largest absolute Gasteiger partial charge is 0.493 e. The molecule has 3 aromatic rings. The molecule has 0 radical (unpaired) electrons. The fourth-order valence-electron chi connectivity index (χ4n) is 3.28. The minimum Gasteiger partial charge on any atom is -0.493 e. The molecule has 0 fully saturated rings. The van der Waals surface area contributed by atoms with Gasteiger partial charge in [-0.2, -0.15) is 5.10 Å². The van der Waals surface area contributed by atoms with Gasteiger partial charge in [0.15, 0.2) is 11.5 Å². The minimum absolute atomic E-state index is 0.0111. The Hall–Kier alpha value is -3.25. The summed E-state index contributed by atoms with van der Waals surface area (Å²) in [5, 5.41) is 4.48. The van der Waals surface area contributed by atoms with E-state index < -0.39 is 0 Å². The molecule has 3 rings (SSSR count). The third kappa shape index (κ3) is 5.32. The lowest BCUT2D eigenvalue weighted by atomic mass is 10.2. The molecule has 7 heteroatoms. The van der Waals surface area contributed by atoms with Crippen molar-refractivity contribution < 1.29 is 14.3 Å². The number of benzene rings is 2. The van der Waals surface area contributed by atoms with Gasteiger partial charge in [-0.1, -0.05) is 18.5 Å². The van der Waals surface area contributed by atoms with Crippen LogP contribution in [-0.4, -0.2) is 29.9 Å². The van der Waals surface area contributed by atoms with Crippen LogP contribution in [0.5, 0.6) is 11.5 Å². The quantitative estimate of drug-likeness (QED) is 0.351. The van der Waals surface area contributed by atoms with Crippen molar-refractivity contribution in [3.8, 4) is 17.2 Å². The lowest BCUT2D eigenvalue weighted by Crippen LogP contribution is -2.17. The molecule has 1 aromatic heterocycles. The zero-order valence-electron chi connectivity index (χ0n) is 19.0. The standard InChI is InChI=1S/C25H28ClN3O3/c1-6-18(4)32-24-22(26)13-19(14-23(24)31-5)15-27-28-25(30)20-9-11-21(12-10-20)29-16(2)7-8-17(29)3/h7-15,18H,6H2,1-5H3,(H,28,30)/b27-15-/t18-/m0/s1.